The second-order valence-electron chi connectivity index (χ2n) is 8.27. The van der Waals surface area contributed by atoms with Crippen LogP contribution in [0.5, 0.6) is 11.5 Å². The van der Waals surface area contributed by atoms with E-state index in [0.717, 1.165) is 11.4 Å². The van der Waals surface area contributed by atoms with Crippen LogP contribution in [0.2, 0.25) is 0 Å². The second-order valence-corrected chi connectivity index (χ2v) is 8.66. The minimum atomic E-state index is -0.439. The van der Waals surface area contributed by atoms with Crippen molar-refractivity contribution in [2.24, 2.45) is 0 Å². The first-order valence-electron chi connectivity index (χ1n) is 11.6. The molecular weight excluding hydrogens is 490 g/mol. The first-order valence-corrected chi connectivity index (χ1v) is 12.0. The molecule has 0 amide bonds. The molecule has 0 bridgehead atoms. The zero-order chi connectivity index (χ0) is 25.9. The Morgan fingerprint density at radius 3 is 2.54 bits per heavy atom. The number of aromatic nitrogens is 1. The summed E-state index contributed by atoms with van der Waals surface area (Å²) in [6.45, 7) is 0. The Morgan fingerprint density at radius 2 is 1.81 bits per heavy atom. The molecule has 0 radical (unpaired) electrons. The fraction of sp³-hybridized carbons (Fsp3) is 0.179. The van der Waals surface area contributed by atoms with E-state index in [1.165, 1.54) is 7.11 Å². The van der Waals surface area contributed by atoms with Gasteiger partial charge in [0.25, 0.3) is 0 Å². The maximum absolute atomic E-state index is 12.4. The van der Waals surface area contributed by atoms with Gasteiger partial charge in [0.1, 0.15) is 29.1 Å². The van der Waals surface area contributed by atoms with E-state index < -0.39 is 12.0 Å². The number of thiocarbonyl (C=S) groups is 1. The van der Waals surface area contributed by atoms with E-state index in [2.05, 4.69) is 10.3 Å². The fourth-order valence-corrected chi connectivity index (χ4v) is 4.87. The molecule has 4 aromatic rings. The highest BCUT2D eigenvalue weighted by Crippen LogP contribution is 2.46. The van der Waals surface area contributed by atoms with E-state index in [9.17, 15) is 4.79 Å². The highest BCUT2D eigenvalue weighted by atomic mass is 32.1. The zero-order valence-electron chi connectivity index (χ0n) is 20.5. The number of rotatable bonds is 7. The Bertz CT molecular complexity index is 1440. The van der Waals surface area contributed by atoms with Crippen LogP contribution in [0.4, 0.5) is 5.69 Å². The molecule has 2 aromatic carbocycles. The van der Waals surface area contributed by atoms with Crippen LogP contribution in [0.25, 0.3) is 11.3 Å². The maximum Gasteiger partial charge on any atom is 0.338 e. The van der Waals surface area contributed by atoms with Crippen LogP contribution in [0.3, 0.4) is 0 Å². The molecule has 1 fully saturated rings. The Labute approximate surface area is 219 Å². The summed E-state index contributed by atoms with van der Waals surface area (Å²) in [4.78, 5) is 18.9. The van der Waals surface area contributed by atoms with Gasteiger partial charge in [-0.2, -0.15) is 0 Å². The van der Waals surface area contributed by atoms with Gasteiger partial charge in [-0.1, -0.05) is 24.3 Å². The summed E-state index contributed by atoms with van der Waals surface area (Å²) in [5.41, 5.74) is 2.57. The third-order valence-electron chi connectivity index (χ3n) is 6.26. The number of esters is 1. The molecule has 9 heteroatoms. The highest BCUT2D eigenvalue weighted by Gasteiger charge is 2.43. The molecule has 1 saturated heterocycles. The number of pyridine rings is 1. The van der Waals surface area contributed by atoms with E-state index in [1.807, 2.05) is 65.6 Å². The summed E-state index contributed by atoms with van der Waals surface area (Å²) in [7, 11) is 4.57. The molecule has 5 rings (SSSR count). The third-order valence-corrected chi connectivity index (χ3v) is 6.57. The second kappa shape index (κ2) is 10.3. The number of anilines is 1. The molecule has 0 spiro atoms. The van der Waals surface area contributed by atoms with Crippen molar-refractivity contribution in [3.8, 4) is 22.8 Å². The number of benzene rings is 2. The lowest BCUT2D eigenvalue weighted by Gasteiger charge is -2.27. The molecule has 1 N–H and O–H groups in total. The maximum atomic E-state index is 12.4. The molecule has 0 saturated carbocycles. The van der Waals surface area contributed by atoms with Crippen LogP contribution in [0, 0.1) is 0 Å². The number of nitrogens with zero attached hydrogens (tertiary/aromatic N) is 2. The molecule has 37 heavy (non-hydrogen) atoms. The van der Waals surface area contributed by atoms with Crippen molar-refractivity contribution in [1.29, 1.82) is 0 Å². The van der Waals surface area contributed by atoms with Gasteiger partial charge in [0.05, 0.1) is 44.3 Å². The number of furan rings is 1. The van der Waals surface area contributed by atoms with Gasteiger partial charge in [0, 0.05) is 17.8 Å². The predicted molar refractivity (Wildman–Crippen MR) is 143 cm³/mol. The lowest BCUT2D eigenvalue weighted by molar-refractivity contribution is 0.0601. The minimum Gasteiger partial charge on any atom is -0.497 e. The Hall–Kier alpha value is -4.37. The molecule has 0 aliphatic carbocycles. The standard InChI is InChI=1S/C28H25N3O5S/c1-33-17-11-12-23(34-2)21(16-17)31-26(25(30-28(31)37)20-10-6-7-15-29-20)24-14-13-22(36-24)18-8-4-5-9-19(18)27(32)35-3/h4-16,25-26H,1-3H3,(H,30,37)/t25-,26+/m0/s1. The van der Waals surface area contributed by atoms with Crippen molar-refractivity contribution in [1.82, 2.24) is 10.3 Å². The lowest BCUT2D eigenvalue weighted by atomic mass is 10.0. The van der Waals surface area contributed by atoms with Crippen molar-refractivity contribution in [2.45, 2.75) is 12.1 Å². The molecule has 2 aromatic heterocycles. The van der Waals surface area contributed by atoms with Gasteiger partial charge in [-0.25, -0.2) is 4.79 Å². The first kappa shape index (κ1) is 24.3. The highest BCUT2D eigenvalue weighted by molar-refractivity contribution is 7.80. The van der Waals surface area contributed by atoms with Gasteiger partial charge in [-0.3, -0.25) is 4.98 Å². The van der Waals surface area contributed by atoms with Gasteiger partial charge in [-0.15, -0.1) is 0 Å². The molecule has 0 unspecified atom stereocenters. The fourth-order valence-electron chi connectivity index (χ4n) is 4.53. The summed E-state index contributed by atoms with van der Waals surface area (Å²) in [6, 6.07) is 21.4. The largest absolute Gasteiger partial charge is 0.497 e. The summed E-state index contributed by atoms with van der Waals surface area (Å²) in [5.74, 6) is 2.00. The molecule has 1 aliphatic rings. The molecule has 3 heterocycles. The Morgan fingerprint density at radius 1 is 1.00 bits per heavy atom. The van der Waals surface area contributed by atoms with E-state index >= 15 is 0 Å². The molecule has 2 atom stereocenters. The Balaban J connectivity index is 1.65. The average molecular weight is 516 g/mol. The van der Waals surface area contributed by atoms with E-state index in [4.69, 9.17) is 30.8 Å². The van der Waals surface area contributed by atoms with Gasteiger partial charge < -0.3 is 28.8 Å². The normalized spacial score (nSPS) is 16.8. The van der Waals surface area contributed by atoms with E-state index in [1.54, 1.807) is 32.5 Å². The molecule has 8 nitrogen and oxygen atoms in total. The predicted octanol–water partition coefficient (Wildman–Crippen LogP) is 5.32. The number of methoxy groups -OCH3 is 3. The van der Waals surface area contributed by atoms with Crippen molar-refractivity contribution in [3.63, 3.8) is 0 Å². The summed E-state index contributed by atoms with van der Waals surface area (Å²) >= 11 is 5.82. The van der Waals surface area contributed by atoms with Crippen LogP contribution < -0.4 is 19.7 Å². The van der Waals surface area contributed by atoms with Crippen molar-refractivity contribution >= 4 is 29.0 Å². The van der Waals surface area contributed by atoms with E-state index in [0.29, 0.717) is 39.3 Å². The minimum absolute atomic E-state index is 0.320. The topological polar surface area (TPSA) is 86.1 Å². The quantitative estimate of drug-likeness (QED) is 0.259. The molecule has 1 aliphatic heterocycles. The van der Waals surface area contributed by atoms with Crippen LogP contribution in [-0.2, 0) is 4.74 Å². The number of carbonyl (C=O) groups is 1. The van der Waals surface area contributed by atoms with Crippen LogP contribution >= 0.6 is 12.2 Å². The molecular formula is C28H25N3O5S. The van der Waals surface area contributed by atoms with E-state index in [-0.39, 0.29) is 6.04 Å². The monoisotopic (exact) mass is 515 g/mol. The SMILES string of the molecule is COC(=O)c1ccccc1-c1ccc([C@@H]2[C@H](c3ccccn3)NC(=S)N2c2cc(OC)ccc2OC)o1. The first-order chi connectivity index (χ1) is 18.0. The van der Waals surface area contributed by atoms with Gasteiger partial charge in [0.15, 0.2) is 5.11 Å². The lowest BCUT2D eigenvalue weighted by Crippen LogP contribution is -2.29. The summed E-state index contributed by atoms with van der Waals surface area (Å²) in [5, 5.41) is 3.89. The third kappa shape index (κ3) is 4.49. The number of hydrogen-bond acceptors (Lipinski definition) is 7. The molecule has 188 valence electrons. The van der Waals surface area contributed by atoms with Gasteiger partial charge in [-0.05, 0) is 54.7 Å². The number of hydrogen-bond donors (Lipinski definition) is 1. The average Bonchev–Trinajstić information content (AvgIpc) is 3.57. The van der Waals surface area contributed by atoms with Gasteiger partial charge in [0.2, 0.25) is 0 Å². The smallest absolute Gasteiger partial charge is 0.338 e. The summed E-state index contributed by atoms with van der Waals surface area (Å²) in [6.07, 6.45) is 1.74. The number of ether oxygens (including phenoxy) is 3. The Kier molecular flexibility index (Phi) is 6.78. The zero-order valence-corrected chi connectivity index (χ0v) is 21.3. The van der Waals surface area contributed by atoms with Crippen molar-refractivity contribution < 1.29 is 23.4 Å². The van der Waals surface area contributed by atoms with Crippen LogP contribution in [0.1, 0.15) is 33.9 Å². The van der Waals surface area contributed by atoms with Crippen LogP contribution in [-0.4, -0.2) is 37.4 Å². The van der Waals surface area contributed by atoms with Gasteiger partial charge >= 0.3 is 5.97 Å². The van der Waals surface area contributed by atoms with Crippen LogP contribution in [0.15, 0.2) is 83.4 Å². The number of carbonyl (C=O) groups excluding carboxylic acids is 1. The number of nitrogens with one attached hydrogen (secondary N) is 1. The summed E-state index contributed by atoms with van der Waals surface area (Å²) < 4.78 is 22.5. The van der Waals surface area contributed by atoms with Crippen molar-refractivity contribution in [3.05, 3.63) is 96.0 Å². The van der Waals surface area contributed by atoms with Crippen molar-refractivity contribution in [2.75, 3.05) is 26.2 Å².